The van der Waals surface area contributed by atoms with Crippen LogP contribution in [0.25, 0.3) is 0 Å². The van der Waals surface area contributed by atoms with Crippen LogP contribution in [0, 0.1) is 10.1 Å². The number of amides is 1. The maximum absolute atomic E-state index is 12.5. The molecule has 0 saturated heterocycles. The SMILES string of the molecule is CC(Sc1ccccc1)C(=O)N(C)Cc1ccccc1[N+](=O)[O-]. The van der Waals surface area contributed by atoms with E-state index in [9.17, 15) is 14.9 Å². The van der Waals surface area contributed by atoms with Crippen molar-refractivity contribution in [2.75, 3.05) is 7.05 Å². The molecule has 120 valence electrons. The van der Waals surface area contributed by atoms with E-state index in [0.717, 1.165) is 4.90 Å². The molecule has 0 aliphatic carbocycles. The molecule has 0 aliphatic rings. The van der Waals surface area contributed by atoms with E-state index in [1.165, 1.54) is 22.7 Å². The van der Waals surface area contributed by atoms with Crippen molar-refractivity contribution in [2.24, 2.45) is 0 Å². The fourth-order valence-electron chi connectivity index (χ4n) is 2.22. The second-order valence-corrected chi connectivity index (χ2v) is 6.57. The standard InChI is InChI=1S/C17H18N2O3S/c1-13(23-15-9-4-3-5-10-15)17(20)18(2)12-14-8-6-7-11-16(14)19(21)22/h3-11,13H,12H2,1-2H3. The molecule has 23 heavy (non-hydrogen) atoms. The van der Waals surface area contributed by atoms with E-state index in [2.05, 4.69) is 0 Å². The third-order valence-corrected chi connectivity index (χ3v) is 4.48. The van der Waals surface area contributed by atoms with E-state index in [1.54, 1.807) is 25.2 Å². The van der Waals surface area contributed by atoms with Gasteiger partial charge in [0.2, 0.25) is 5.91 Å². The van der Waals surface area contributed by atoms with Gasteiger partial charge < -0.3 is 4.90 Å². The Bertz CT molecular complexity index is 691. The number of rotatable bonds is 6. The molecular weight excluding hydrogens is 312 g/mol. The smallest absolute Gasteiger partial charge is 0.274 e. The van der Waals surface area contributed by atoms with E-state index in [1.807, 2.05) is 37.3 Å². The zero-order chi connectivity index (χ0) is 16.8. The van der Waals surface area contributed by atoms with Gasteiger partial charge in [-0.05, 0) is 19.1 Å². The first-order chi connectivity index (χ1) is 11.0. The minimum atomic E-state index is -0.421. The lowest BCUT2D eigenvalue weighted by molar-refractivity contribution is -0.385. The lowest BCUT2D eigenvalue weighted by atomic mass is 10.1. The largest absolute Gasteiger partial charge is 0.340 e. The third-order valence-electron chi connectivity index (χ3n) is 3.38. The summed E-state index contributed by atoms with van der Waals surface area (Å²) in [5, 5.41) is 10.8. The van der Waals surface area contributed by atoms with Gasteiger partial charge in [0, 0.05) is 23.6 Å². The third kappa shape index (κ3) is 4.56. The van der Waals surface area contributed by atoms with Crippen molar-refractivity contribution < 1.29 is 9.72 Å². The average molecular weight is 330 g/mol. The van der Waals surface area contributed by atoms with Crippen LogP contribution >= 0.6 is 11.8 Å². The Labute approximate surface area is 139 Å². The number of benzene rings is 2. The fourth-order valence-corrected chi connectivity index (χ4v) is 3.22. The molecule has 0 radical (unpaired) electrons. The molecule has 0 heterocycles. The highest BCUT2D eigenvalue weighted by molar-refractivity contribution is 8.00. The molecule has 0 aliphatic heterocycles. The van der Waals surface area contributed by atoms with E-state index < -0.39 is 4.92 Å². The predicted molar refractivity (Wildman–Crippen MR) is 91.3 cm³/mol. The Morgan fingerprint density at radius 2 is 1.78 bits per heavy atom. The van der Waals surface area contributed by atoms with Gasteiger partial charge in [-0.1, -0.05) is 36.4 Å². The van der Waals surface area contributed by atoms with Crippen molar-refractivity contribution in [3.63, 3.8) is 0 Å². The maximum Gasteiger partial charge on any atom is 0.274 e. The lowest BCUT2D eigenvalue weighted by Crippen LogP contribution is -2.32. The van der Waals surface area contributed by atoms with Crippen molar-refractivity contribution in [1.82, 2.24) is 4.90 Å². The van der Waals surface area contributed by atoms with Gasteiger partial charge >= 0.3 is 0 Å². The molecule has 1 amide bonds. The summed E-state index contributed by atoms with van der Waals surface area (Å²) >= 11 is 1.48. The van der Waals surface area contributed by atoms with Gasteiger partial charge in [-0.25, -0.2) is 0 Å². The van der Waals surface area contributed by atoms with Gasteiger partial charge in [0.25, 0.3) is 5.69 Å². The number of hydrogen-bond donors (Lipinski definition) is 0. The van der Waals surface area contributed by atoms with Crippen molar-refractivity contribution in [3.8, 4) is 0 Å². The highest BCUT2D eigenvalue weighted by atomic mass is 32.2. The number of nitrogens with zero attached hydrogens (tertiary/aromatic N) is 2. The van der Waals surface area contributed by atoms with Crippen LogP contribution in [0.3, 0.4) is 0 Å². The minimum Gasteiger partial charge on any atom is -0.340 e. The Balaban J connectivity index is 2.04. The summed E-state index contributed by atoms with van der Waals surface area (Å²) in [5.74, 6) is -0.0583. The van der Waals surface area contributed by atoms with Gasteiger partial charge in [-0.15, -0.1) is 11.8 Å². The summed E-state index contributed by atoms with van der Waals surface area (Å²) < 4.78 is 0. The number of para-hydroxylation sites is 1. The number of carbonyl (C=O) groups is 1. The number of carbonyl (C=O) groups excluding carboxylic acids is 1. The average Bonchev–Trinajstić information content (AvgIpc) is 2.55. The summed E-state index contributed by atoms with van der Waals surface area (Å²) in [4.78, 5) is 25.6. The molecule has 0 saturated carbocycles. The summed E-state index contributed by atoms with van der Waals surface area (Å²) in [6, 6.07) is 16.2. The van der Waals surface area contributed by atoms with Crippen LogP contribution < -0.4 is 0 Å². The van der Waals surface area contributed by atoms with Crippen LogP contribution in [0.5, 0.6) is 0 Å². The van der Waals surface area contributed by atoms with Crippen molar-refractivity contribution >= 4 is 23.4 Å². The Morgan fingerprint density at radius 3 is 2.43 bits per heavy atom. The monoisotopic (exact) mass is 330 g/mol. The van der Waals surface area contributed by atoms with E-state index in [-0.39, 0.29) is 23.4 Å². The van der Waals surface area contributed by atoms with Crippen LogP contribution in [0.15, 0.2) is 59.5 Å². The van der Waals surface area contributed by atoms with Crippen LogP contribution in [0.2, 0.25) is 0 Å². The molecule has 0 bridgehead atoms. The predicted octanol–water partition coefficient (Wildman–Crippen LogP) is 3.73. The fraction of sp³-hybridized carbons (Fsp3) is 0.235. The summed E-state index contributed by atoms with van der Waals surface area (Å²) in [6.07, 6.45) is 0. The zero-order valence-electron chi connectivity index (χ0n) is 13.0. The maximum atomic E-state index is 12.5. The molecule has 0 N–H and O–H groups in total. The molecule has 0 fully saturated rings. The van der Waals surface area contributed by atoms with Crippen LogP contribution in [0.1, 0.15) is 12.5 Å². The van der Waals surface area contributed by atoms with Gasteiger partial charge in [-0.3, -0.25) is 14.9 Å². The first-order valence-corrected chi connectivity index (χ1v) is 8.06. The minimum absolute atomic E-state index is 0.0375. The Kier molecular flexibility index (Phi) is 5.76. The Hall–Kier alpha value is -2.34. The van der Waals surface area contributed by atoms with Gasteiger partial charge in [0.05, 0.1) is 16.7 Å². The van der Waals surface area contributed by atoms with Crippen molar-refractivity contribution in [2.45, 2.75) is 23.6 Å². The first kappa shape index (κ1) is 17.0. The van der Waals surface area contributed by atoms with Crippen LogP contribution in [-0.2, 0) is 11.3 Å². The molecule has 2 aromatic rings. The van der Waals surface area contributed by atoms with Crippen molar-refractivity contribution in [1.29, 1.82) is 0 Å². The van der Waals surface area contributed by atoms with E-state index >= 15 is 0 Å². The summed E-state index contributed by atoms with van der Waals surface area (Å²) in [7, 11) is 1.67. The molecule has 0 spiro atoms. The molecule has 6 heteroatoms. The molecule has 1 atom stereocenters. The van der Waals surface area contributed by atoms with Crippen LogP contribution in [0.4, 0.5) is 5.69 Å². The topological polar surface area (TPSA) is 63.5 Å². The second-order valence-electron chi connectivity index (χ2n) is 5.15. The van der Waals surface area contributed by atoms with Crippen molar-refractivity contribution in [3.05, 3.63) is 70.3 Å². The normalized spacial score (nSPS) is 11.7. The molecule has 5 nitrogen and oxygen atoms in total. The number of nitro groups is 1. The quantitative estimate of drug-likeness (QED) is 0.460. The molecule has 0 aromatic heterocycles. The zero-order valence-corrected chi connectivity index (χ0v) is 13.8. The lowest BCUT2D eigenvalue weighted by Gasteiger charge is -2.21. The first-order valence-electron chi connectivity index (χ1n) is 7.18. The molecule has 2 aromatic carbocycles. The van der Waals surface area contributed by atoms with Crippen LogP contribution in [-0.4, -0.2) is 28.0 Å². The summed E-state index contributed by atoms with van der Waals surface area (Å²) in [5.41, 5.74) is 0.570. The van der Waals surface area contributed by atoms with Gasteiger partial charge in [-0.2, -0.15) is 0 Å². The van der Waals surface area contributed by atoms with E-state index in [0.29, 0.717) is 5.56 Å². The molecular formula is C17H18N2O3S. The number of hydrogen-bond acceptors (Lipinski definition) is 4. The van der Waals surface area contributed by atoms with Gasteiger partial charge in [0.15, 0.2) is 0 Å². The number of thioether (sulfide) groups is 1. The highest BCUT2D eigenvalue weighted by Crippen LogP contribution is 2.25. The second kappa shape index (κ2) is 7.78. The highest BCUT2D eigenvalue weighted by Gasteiger charge is 2.21. The van der Waals surface area contributed by atoms with Gasteiger partial charge in [0.1, 0.15) is 0 Å². The molecule has 1 unspecified atom stereocenters. The molecule has 2 rings (SSSR count). The van der Waals surface area contributed by atoms with E-state index in [4.69, 9.17) is 0 Å². The number of nitro benzene ring substituents is 1. The summed E-state index contributed by atoms with van der Waals surface area (Å²) in [6.45, 7) is 2.06. The Morgan fingerprint density at radius 1 is 1.17 bits per heavy atom.